The van der Waals surface area contributed by atoms with E-state index in [1.165, 1.54) is 17.5 Å². The summed E-state index contributed by atoms with van der Waals surface area (Å²) >= 11 is 0. The number of carbonyl (C=O) groups is 1. The zero-order valence-electron chi connectivity index (χ0n) is 13.9. The molecule has 1 heterocycles. The van der Waals surface area contributed by atoms with Gasteiger partial charge >= 0.3 is 0 Å². The summed E-state index contributed by atoms with van der Waals surface area (Å²) in [6.45, 7) is 5.09. The van der Waals surface area contributed by atoms with Gasteiger partial charge in [-0.1, -0.05) is 29.8 Å². The van der Waals surface area contributed by atoms with Crippen molar-refractivity contribution in [2.45, 2.75) is 44.4 Å². The Kier molecular flexibility index (Phi) is 4.53. The third-order valence-corrected chi connectivity index (χ3v) is 5.43. The number of carbonyl (C=O) groups excluding carboxylic acids is 1. The van der Waals surface area contributed by atoms with Gasteiger partial charge in [0.25, 0.3) is 0 Å². The Balaban J connectivity index is 1.63. The number of piperidine rings is 1. The molecule has 0 atom stereocenters. The van der Waals surface area contributed by atoms with Gasteiger partial charge in [0.2, 0.25) is 5.91 Å². The second-order valence-electron chi connectivity index (χ2n) is 7.08. The molecule has 1 N–H and O–H groups in total. The Morgan fingerprint density at radius 3 is 2.64 bits per heavy atom. The lowest BCUT2D eigenvalue weighted by Crippen LogP contribution is -2.44. The van der Waals surface area contributed by atoms with E-state index < -0.39 is 0 Å². The maximum Gasteiger partial charge on any atom is 0.233 e. The van der Waals surface area contributed by atoms with Gasteiger partial charge in [0, 0.05) is 13.1 Å². The number of nitrogens with one attached hydrogen (secondary N) is 1. The first-order valence-corrected chi connectivity index (χ1v) is 8.67. The standard InChI is InChI=1S/C19H28N2O/c1-15-4-3-5-17(14-15)19(9-10-19)18(22)21-12-7-16(8-13-21)6-11-20-2/h3-5,14,16,20H,6-13H2,1-2H3. The lowest BCUT2D eigenvalue weighted by molar-refractivity contribution is -0.135. The molecule has 0 aromatic heterocycles. The quantitative estimate of drug-likeness (QED) is 0.907. The Bertz CT molecular complexity index is 528. The number of hydrogen-bond donors (Lipinski definition) is 1. The van der Waals surface area contributed by atoms with Crippen molar-refractivity contribution in [3.63, 3.8) is 0 Å². The van der Waals surface area contributed by atoms with Crippen LogP contribution in [0.25, 0.3) is 0 Å². The first kappa shape index (κ1) is 15.5. The molecule has 1 aliphatic carbocycles. The van der Waals surface area contributed by atoms with Crippen molar-refractivity contribution in [1.82, 2.24) is 10.2 Å². The number of hydrogen-bond acceptors (Lipinski definition) is 2. The van der Waals surface area contributed by atoms with E-state index in [9.17, 15) is 4.79 Å². The minimum atomic E-state index is -0.191. The van der Waals surface area contributed by atoms with Gasteiger partial charge < -0.3 is 10.2 Å². The number of aryl methyl sites for hydroxylation is 1. The molecule has 1 aromatic rings. The molecule has 22 heavy (non-hydrogen) atoms. The minimum Gasteiger partial charge on any atom is -0.342 e. The van der Waals surface area contributed by atoms with Crippen molar-refractivity contribution < 1.29 is 4.79 Å². The van der Waals surface area contributed by atoms with Crippen LogP contribution in [-0.4, -0.2) is 37.5 Å². The highest BCUT2D eigenvalue weighted by molar-refractivity contribution is 5.91. The summed E-state index contributed by atoms with van der Waals surface area (Å²) in [5.74, 6) is 1.16. The molecule has 0 unspecified atom stereocenters. The van der Waals surface area contributed by atoms with E-state index in [2.05, 4.69) is 41.4 Å². The van der Waals surface area contributed by atoms with Crippen molar-refractivity contribution in [2.75, 3.05) is 26.7 Å². The van der Waals surface area contributed by atoms with Crippen LogP contribution in [0, 0.1) is 12.8 Å². The van der Waals surface area contributed by atoms with Crippen molar-refractivity contribution in [3.05, 3.63) is 35.4 Å². The molecule has 1 aromatic carbocycles. The summed E-state index contributed by atoms with van der Waals surface area (Å²) in [5.41, 5.74) is 2.29. The lowest BCUT2D eigenvalue weighted by atomic mass is 9.89. The monoisotopic (exact) mass is 300 g/mol. The van der Waals surface area contributed by atoms with Crippen molar-refractivity contribution >= 4 is 5.91 Å². The topological polar surface area (TPSA) is 32.3 Å². The van der Waals surface area contributed by atoms with E-state index in [4.69, 9.17) is 0 Å². The van der Waals surface area contributed by atoms with Gasteiger partial charge in [-0.3, -0.25) is 4.79 Å². The van der Waals surface area contributed by atoms with Gasteiger partial charge in [0.15, 0.2) is 0 Å². The molecular weight excluding hydrogens is 272 g/mol. The first-order chi connectivity index (χ1) is 10.7. The fourth-order valence-corrected chi connectivity index (χ4v) is 3.77. The molecule has 1 saturated heterocycles. The minimum absolute atomic E-state index is 0.191. The van der Waals surface area contributed by atoms with Crippen LogP contribution in [-0.2, 0) is 10.2 Å². The van der Waals surface area contributed by atoms with Crippen molar-refractivity contribution in [3.8, 4) is 0 Å². The fourth-order valence-electron chi connectivity index (χ4n) is 3.77. The zero-order valence-corrected chi connectivity index (χ0v) is 13.9. The molecule has 1 aliphatic heterocycles. The van der Waals surface area contributed by atoms with E-state index in [0.29, 0.717) is 5.91 Å². The molecular formula is C19H28N2O. The molecule has 2 aliphatic rings. The Morgan fingerprint density at radius 1 is 1.32 bits per heavy atom. The van der Waals surface area contributed by atoms with Crippen LogP contribution in [0.15, 0.2) is 24.3 Å². The van der Waals surface area contributed by atoms with E-state index in [1.807, 2.05) is 7.05 Å². The van der Waals surface area contributed by atoms with E-state index in [0.717, 1.165) is 51.2 Å². The van der Waals surface area contributed by atoms with Crippen molar-refractivity contribution in [2.24, 2.45) is 5.92 Å². The molecule has 1 amide bonds. The molecule has 120 valence electrons. The van der Waals surface area contributed by atoms with Crippen LogP contribution >= 0.6 is 0 Å². The van der Waals surface area contributed by atoms with Gasteiger partial charge in [-0.05, 0) is 64.1 Å². The molecule has 3 rings (SSSR count). The SMILES string of the molecule is CNCCC1CCN(C(=O)C2(c3cccc(C)c3)CC2)CC1. The highest BCUT2D eigenvalue weighted by Gasteiger charge is 2.53. The average molecular weight is 300 g/mol. The second-order valence-corrected chi connectivity index (χ2v) is 7.08. The Morgan fingerprint density at radius 2 is 2.05 bits per heavy atom. The summed E-state index contributed by atoms with van der Waals surface area (Å²) in [6, 6.07) is 8.53. The van der Waals surface area contributed by atoms with Gasteiger partial charge in [0.05, 0.1) is 5.41 Å². The summed E-state index contributed by atoms with van der Waals surface area (Å²) < 4.78 is 0. The largest absolute Gasteiger partial charge is 0.342 e. The van der Waals surface area contributed by atoms with Gasteiger partial charge in [-0.25, -0.2) is 0 Å². The number of nitrogens with zero attached hydrogens (tertiary/aromatic N) is 1. The number of likely N-dealkylation sites (tertiary alicyclic amines) is 1. The third kappa shape index (κ3) is 3.05. The number of rotatable bonds is 5. The van der Waals surface area contributed by atoms with Crippen LogP contribution in [0.3, 0.4) is 0 Å². The summed E-state index contributed by atoms with van der Waals surface area (Å²) in [4.78, 5) is 15.2. The Labute approximate surface area is 134 Å². The maximum atomic E-state index is 13.0. The molecule has 0 radical (unpaired) electrons. The van der Waals surface area contributed by atoms with Gasteiger partial charge in [0.1, 0.15) is 0 Å². The highest BCUT2D eigenvalue weighted by Crippen LogP contribution is 2.50. The summed E-state index contributed by atoms with van der Waals surface area (Å²) in [7, 11) is 2.01. The molecule has 0 bridgehead atoms. The van der Waals surface area contributed by atoms with Crippen LogP contribution in [0.4, 0.5) is 0 Å². The molecule has 0 spiro atoms. The highest BCUT2D eigenvalue weighted by atomic mass is 16.2. The smallest absolute Gasteiger partial charge is 0.233 e. The van der Waals surface area contributed by atoms with Crippen molar-refractivity contribution in [1.29, 1.82) is 0 Å². The maximum absolute atomic E-state index is 13.0. The normalized spacial score (nSPS) is 20.9. The number of benzene rings is 1. The van der Waals surface area contributed by atoms with E-state index in [-0.39, 0.29) is 5.41 Å². The third-order valence-electron chi connectivity index (χ3n) is 5.43. The molecule has 2 fully saturated rings. The molecule has 1 saturated carbocycles. The van der Waals surface area contributed by atoms with E-state index in [1.54, 1.807) is 0 Å². The molecule has 3 heteroatoms. The van der Waals surface area contributed by atoms with Gasteiger partial charge in [-0.15, -0.1) is 0 Å². The number of amides is 1. The molecule has 3 nitrogen and oxygen atoms in total. The summed E-state index contributed by atoms with van der Waals surface area (Å²) in [5, 5.41) is 3.23. The van der Waals surface area contributed by atoms with Crippen LogP contribution in [0.1, 0.15) is 43.2 Å². The zero-order chi connectivity index (χ0) is 15.6. The van der Waals surface area contributed by atoms with Crippen LogP contribution in [0.2, 0.25) is 0 Å². The lowest BCUT2D eigenvalue weighted by Gasteiger charge is -2.34. The fraction of sp³-hybridized carbons (Fsp3) is 0.632. The van der Waals surface area contributed by atoms with Crippen LogP contribution in [0.5, 0.6) is 0 Å². The average Bonchev–Trinajstić information content (AvgIpc) is 3.34. The van der Waals surface area contributed by atoms with E-state index >= 15 is 0 Å². The first-order valence-electron chi connectivity index (χ1n) is 8.67. The predicted molar refractivity (Wildman–Crippen MR) is 89.9 cm³/mol. The summed E-state index contributed by atoms with van der Waals surface area (Å²) in [6.07, 6.45) is 5.61. The Hall–Kier alpha value is -1.35. The second kappa shape index (κ2) is 6.41. The predicted octanol–water partition coefficient (Wildman–Crippen LogP) is 2.87. The van der Waals surface area contributed by atoms with Crippen LogP contribution < -0.4 is 5.32 Å². The van der Waals surface area contributed by atoms with Gasteiger partial charge in [-0.2, -0.15) is 0 Å².